The Hall–Kier alpha value is -0.260. The van der Waals surface area contributed by atoms with Gasteiger partial charge in [0.1, 0.15) is 0 Å². The SMILES string of the molecule is CC1C=CC(C2(C)CC2)CC1. The van der Waals surface area contributed by atoms with E-state index in [0.717, 1.165) is 17.3 Å². The van der Waals surface area contributed by atoms with Crippen molar-refractivity contribution < 1.29 is 0 Å². The van der Waals surface area contributed by atoms with Crippen molar-refractivity contribution in [3.8, 4) is 0 Å². The minimum absolute atomic E-state index is 0.719. The van der Waals surface area contributed by atoms with E-state index in [9.17, 15) is 0 Å². The Morgan fingerprint density at radius 3 is 2.36 bits per heavy atom. The Kier molecular flexibility index (Phi) is 1.59. The third-order valence-electron chi connectivity index (χ3n) is 3.54. The summed E-state index contributed by atoms with van der Waals surface area (Å²) in [6, 6.07) is 0. The molecule has 2 aliphatic rings. The highest BCUT2D eigenvalue weighted by atomic mass is 14.5. The molecule has 0 aromatic carbocycles. The van der Waals surface area contributed by atoms with E-state index in [1.165, 1.54) is 25.7 Å². The largest absolute Gasteiger partial charge is 0.0854 e. The fourth-order valence-electron chi connectivity index (χ4n) is 2.11. The van der Waals surface area contributed by atoms with Crippen LogP contribution in [0.15, 0.2) is 12.2 Å². The zero-order chi connectivity index (χ0) is 7.90. The lowest BCUT2D eigenvalue weighted by atomic mass is 9.80. The average molecular weight is 150 g/mol. The molecule has 0 saturated heterocycles. The second-order valence-corrected chi connectivity index (χ2v) is 4.70. The monoisotopic (exact) mass is 150 g/mol. The Balaban J connectivity index is 2.01. The highest BCUT2D eigenvalue weighted by Crippen LogP contribution is 2.54. The molecule has 1 saturated carbocycles. The molecule has 0 heteroatoms. The summed E-state index contributed by atoms with van der Waals surface area (Å²) in [5.41, 5.74) is 0.719. The molecular weight excluding hydrogens is 132 g/mol. The van der Waals surface area contributed by atoms with Crippen molar-refractivity contribution in [2.24, 2.45) is 17.3 Å². The molecule has 0 radical (unpaired) electrons. The quantitative estimate of drug-likeness (QED) is 0.503. The fourth-order valence-corrected chi connectivity index (χ4v) is 2.11. The van der Waals surface area contributed by atoms with Crippen molar-refractivity contribution in [2.45, 2.75) is 39.5 Å². The van der Waals surface area contributed by atoms with Gasteiger partial charge in [0.25, 0.3) is 0 Å². The Morgan fingerprint density at radius 1 is 1.18 bits per heavy atom. The molecule has 0 spiro atoms. The maximum absolute atomic E-state index is 2.47. The van der Waals surface area contributed by atoms with E-state index >= 15 is 0 Å². The highest BCUT2D eigenvalue weighted by molar-refractivity contribution is 5.07. The zero-order valence-corrected chi connectivity index (χ0v) is 7.64. The molecule has 11 heavy (non-hydrogen) atoms. The first-order valence-corrected chi connectivity index (χ1v) is 4.89. The average Bonchev–Trinajstić information content (AvgIpc) is 2.70. The van der Waals surface area contributed by atoms with Gasteiger partial charge in [0, 0.05) is 0 Å². The van der Waals surface area contributed by atoms with Crippen molar-refractivity contribution in [3.05, 3.63) is 12.2 Å². The van der Waals surface area contributed by atoms with Crippen LogP contribution >= 0.6 is 0 Å². The van der Waals surface area contributed by atoms with Gasteiger partial charge in [-0.05, 0) is 42.9 Å². The molecular formula is C11H18. The van der Waals surface area contributed by atoms with Gasteiger partial charge in [-0.25, -0.2) is 0 Å². The number of rotatable bonds is 1. The van der Waals surface area contributed by atoms with Crippen molar-refractivity contribution in [3.63, 3.8) is 0 Å². The molecule has 2 unspecified atom stereocenters. The minimum atomic E-state index is 0.719. The van der Waals surface area contributed by atoms with E-state index in [-0.39, 0.29) is 0 Å². The van der Waals surface area contributed by atoms with E-state index < -0.39 is 0 Å². The molecule has 0 heterocycles. The minimum Gasteiger partial charge on any atom is -0.0854 e. The van der Waals surface area contributed by atoms with Crippen LogP contribution in [0.25, 0.3) is 0 Å². The summed E-state index contributed by atoms with van der Waals surface area (Å²) < 4.78 is 0. The maximum Gasteiger partial charge on any atom is -0.0179 e. The predicted octanol–water partition coefficient (Wildman–Crippen LogP) is 3.39. The standard InChI is InChI=1S/C11H18/c1-9-3-5-10(6-4-9)11(2)7-8-11/h3,5,9-10H,4,6-8H2,1-2H3. The van der Waals surface area contributed by atoms with Gasteiger partial charge in [-0.2, -0.15) is 0 Å². The molecule has 0 aromatic heterocycles. The van der Waals surface area contributed by atoms with E-state index in [4.69, 9.17) is 0 Å². The van der Waals surface area contributed by atoms with Gasteiger partial charge in [0.15, 0.2) is 0 Å². The van der Waals surface area contributed by atoms with Crippen LogP contribution in [0.5, 0.6) is 0 Å². The summed E-state index contributed by atoms with van der Waals surface area (Å²) >= 11 is 0. The van der Waals surface area contributed by atoms with Crippen LogP contribution in [0.3, 0.4) is 0 Å². The Morgan fingerprint density at radius 2 is 1.91 bits per heavy atom. The van der Waals surface area contributed by atoms with Gasteiger partial charge in [-0.15, -0.1) is 0 Å². The molecule has 0 nitrogen and oxygen atoms in total. The lowest BCUT2D eigenvalue weighted by Gasteiger charge is -2.25. The van der Waals surface area contributed by atoms with Crippen molar-refractivity contribution in [1.82, 2.24) is 0 Å². The molecule has 2 aliphatic carbocycles. The first-order valence-electron chi connectivity index (χ1n) is 4.89. The third kappa shape index (κ3) is 1.36. The van der Waals surface area contributed by atoms with Crippen molar-refractivity contribution >= 4 is 0 Å². The number of allylic oxidation sites excluding steroid dienone is 2. The highest BCUT2D eigenvalue weighted by Gasteiger charge is 2.43. The normalized spacial score (nSPS) is 40.5. The molecule has 0 N–H and O–H groups in total. The molecule has 0 amide bonds. The van der Waals surface area contributed by atoms with E-state index in [1.54, 1.807) is 0 Å². The van der Waals surface area contributed by atoms with Crippen molar-refractivity contribution in [2.75, 3.05) is 0 Å². The lowest BCUT2D eigenvalue weighted by molar-refractivity contribution is 0.342. The number of hydrogen-bond acceptors (Lipinski definition) is 0. The molecule has 0 aromatic rings. The molecule has 62 valence electrons. The van der Waals surface area contributed by atoms with E-state index in [0.29, 0.717) is 0 Å². The zero-order valence-electron chi connectivity index (χ0n) is 7.64. The van der Waals surface area contributed by atoms with Gasteiger partial charge < -0.3 is 0 Å². The van der Waals surface area contributed by atoms with Gasteiger partial charge in [-0.1, -0.05) is 26.0 Å². The van der Waals surface area contributed by atoms with Gasteiger partial charge in [0.05, 0.1) is 0 Å². The topological polar surface area (TPSA) is 0 Å². The van der Waals surface area contributed by atoms with Crippen LogP contribution in [-0.4, -0.2) is 0 Å². The van der Waals surface area contributed by atoms with E-state index in [1.807, 2.05) is 0 Å². The molecule has 1 fully saturated rings. The first-order chi connectivity index (χ1) is 5.21. The Bertz CT molecular complexity index is 174. The fraction of sp³-hybridized carbons (Fsp3) is 0.818. The molecule has 2 rings (SSSR count). The van der Waals surface area contributed by atoms with Crippen LogP contribution in [0.1, 0.15) is 39.5 Å². The van der Waals surface area contributed by atoms with Crippen molar-refractivity contribution in [1.29, 1.82) is 0 Å². The van der Waals surface area contributed by atoms with Crippen LogP contribution in [-0.2, 0) is 0 Å². The van der Waals surface area contributed by atoms with Crippen LogP contribution in [0, 0.1) is 17.3 Å². The third-order valence-corrected chi connectivity index (χ3v) is 3.54. The summed E-state index contributed by atoms with van der Waals surface area (Å²) in [4.78, 5) is 0. The number of hydrogen-bond donors (Lipinski definition) is 0. The van der Waals surface area contributed by atoms with Gasteiger partial charge in [-0.3, -0.25) is 0 Å². The maximum atomic E-state index is 2.47. The first kappa shape index (κ1) is 7.39. The predicted molar refractivity (Wildman–Crippen MR) is 48.4 cm³/mol. The second kappa shape index (κ2) is 2.36. The smallest absolute Gasteiger partial charge is 0.0179 e. The Labute approximate surface area is 69.7 Å². The molecule has 2 atom stereocenters. The van der Waals surface area contributed by atoms with Crippen LogP contribution in [0.2, 0.25) is 0 Å². The summed E-state index contributed by atoms with van der Waals surface area (Å²) in [6.45, 7) is 4.76. The van der Waals surface area contributed by atoms with Crippen LogP contribution in [0.4, 0.5) is 0 Å². The molecule has 0 aliphatic heterocycles. The summed E-state index contributed by atoms with van der Waals surface area (Å²) in [5, 5.41) is 0. The van der Waals surface area contributed by atoms with E-state index in [2.05, 4.69) is 26.0 Å². The van der Waals surface area contributed by atoms with Crippen LogP contribution < -0.4 is 0 Å². The lowest BCUT2D eigenvalue weighted by Crippen LogP contribution is -2.14. The molecule has 0 bridgehead atoms. The summed E-state index contributed by atoms with van der Waals surface area (Å²) in [6.07, 6.45) is 10.7. The van der Waals surface area contributed by atoms with Gasteiger partial charge >= 0.3 is 0 Å². The second-order valence-electron chi connectivity index (χ2n) is 4.70. The van der Waals surface area contributed by atoms with Gasteiger partial charge in [0.2, 0.25) is 0 Å². The summed E-state index contributed by atoms with van der Waals surface area (Å²) in [5.74, 6) is 1.76. The summed E-state index contributed by atoms with van der Waals surface area (Å²) in [7, 11) is 0.